The Labute approximate surface area is 105 Å². The quantitative estimate of drug-likeness (QED) is 0.750. The van der Waals surface area contributed by atoms with Gasteiger partial charge in [0.15, 0.2) is 11.0 Å². The summed E-state index contributed by atoms with van der Waals surface area (Å²) < 4.78 is 4.77. The number of halogens is 1. The summed E-state index contributed by atoms with van der Waals surface area (Å²) in [6, 6.07) is 0. The SMILES string of the molecule is COC(=O)C1CCCN(c2nccnc2Cl)C1. The summed E-state index contributed by atoms with van der Waals surface area (Å²) in [5, 5.41) is 0.373. The third-order valence-corrected chi connectivity index (χ3v) is 3.16. The van der Waals surface area contributed by atoms with Gasteiger partial charge in [-0.25, -0.2) is 9.97 Å². The van der Waals surface area contributed by atoms with Crippen molar-refractivity contribution in [1.29, 1.82) is 0 Å². The number of ether oxygens (including phenoxy) is 1. The number of hydrogen-bond donors (Lipinski definition) is 0. The molecule has 0 N–H and O–H groups in total. The molecule has 0 amide bonds. The minimum Gasteiger partial charge on any atom is -0.469 e. The molecule has 0 spiro atoms. The van der Waals surface area contributed by atoms with Crippen LogP contribution >= 0.6 is 11.6 Å². The van der Waals surface area contributed by atoms with Crippen LogP contribution < -0.4 is 4.90 Å². The molecule has 1 fully saturated rings. The topological polar surface area (TPSA) is 55.3 Å². The molecule has 6 heteroatoms. The molecule has 0 bridgehead atoms. The van der Waals surface area contributed by atoms with Gasteiger partial charge in [0.1, 0.15) is 0 Å². The van der Waals surface area contributed by atoms with E-state index in [4.69, 9.17) is 16.3 Å². The number of carbonyl (C=O) groups is 1. The van der Waals surface area contributed by atoms with E-state index >= 15 is 0 Å². The van der Waals surface area contributed by atoms with Gasteiger partial charge >= 0.3 is 5.97 Å². The second-order valence-electron chi connectivity index (χ2n) is 3.98. The highest BCUT2D eigenvalue weighted by Crippen LogP contribution is 2.26. The van der Waals surface area contributed by atoms with Crippen LogP contribution in [0.25, 0.3) is 0 Å². The Hall–Kier alpha value is -1.36. The Morgan fingerprint density at radius 3 is 3.00 bits per heavy atom. The summed E-state index contributed by atoms with van der Waals surface area (Å²) >= 11 is 5.99. The highest BCUT2D eigenvalue weighted by atomic mass is 35.5. The summed E-state index contributed by atoms with van der Waals surface area (Å²) in [5.41, 5.74) is 0. The first-order valence-corrected chi connectivity index (χ1v) is 5.89. The summed E-state index contributed by atoms with van der Waals surface area (Å²) in [6.45, 7) is 1.43. The molecule has 1 aromatic heterocycles. The van der Waals surface area contributed by atoms with Crippen LogP contribution in [-0.2, 0) is 9.53 Å². The molecule has 2 rings (SSSR count). The second-order valence-corrected chi connectivity index (χ2v) is 4.34. The number of carbonyl (C=O) groups excluding carboxylic acids is 1. The highest BCUT2D eigenvalue weighted by molar-refractivity contribution is 6.31. The molecule has 92 valence electrons. The Balaban J connectivity index is 2.12. The Morgan fingerprint density at radius 1 is 1.53 bits per heavy atom. The molecule has 1 atom stereocenters. The molecular formula is C11H14ClN3O2. The Kier molecular flexibility index (Phi) is 3.78. The Bertz CT molecular complexity index is 413. The molecule has 0 aromatic carbocycles. The van der Waals surface area contributed by atoms with Gasteiger partial charge in [0.25, 0.3) is 0 Å². The van der Waals surface area contributed by atoms with Crippen LogP contribution in [0.3, 0.4) is 0 Å². The predicted octanol–water partition coefficient (Wildman–Crippen LogP) is 1.52. The molecule has 5 nitrogen and oxygen atoms in total. The fraction of sp³-hybridized carbons (Fsp3) is 0.545. The van der Waals surface area contributed by atoms with Gasteiger partial charge in [0.2, 0.25) is 0 Å². The number of aromatic nitrogens is 2. The van der Waals surface area contributed by atoms with Gasteiger partial charge in [-0.2, -0.15) is 0 Å². The summed E-state index contributed by atoms with van der Waals surface area (Å²) in [5.74, 6) is 0.365. The van der Waals surface area contributed by atoms with E-state index in [2.05, 4.69) is 9.97 Å². The molecule has 0 aliphatic carbocycles. The summed E-state index contributed by atoms with van der Waals surface area (Å²) in [4.78, 5) is 21.7. The van der Waals surface area contributed by atoms with E-state index in [0.717, 1.165) is 19.4 Å². The van der Waals surface area contributed by atoms with Gasteiger partial charge < -0.3 is 9.64 Å². The number of esters is 1. The molecule has 1 unspecified atom stereocenters. The first-order valence-electron chi connectivity index (χ1n) is 5.51. The van der Waals surface area contributed by atoms with E-state index in [1.165, 1.54) is 7.11 Å². The standard InChI is InChI=1S/C11H14ClN3O2/c1-17-11(16)8-3-2-6-15(7-8)10-9(12)13-4-5-14-10/h4-5,8H,2-3,6-7H2,1H3. The maximum atomic E-state index is 11.5. The molecule has 1 aromatic rings. The minimum absolute atomic E-state index is 0.105. The summed E-state index contributed by atoms with van der Waals surface area (Å²) in [6.07, 6.45) is 4.92. The largest absolute Gasteiger partial charge is 0.469 e. The van der Waals surface area contributed by atoms with E-state index in [1.807, 2.05) is 4.90 Å². The molecule has 1 saturated heterocycles. The fourth-order valence-corrected chi connectivity index (χ4v) is 2.28. The van der Waals surface area contributed by atoms with Crippen LogP contribution in [0, 0.1) is 5.92 Å². The van der Waals surface area contributed by atoms with Crippen molar-refractivity contribution in [3.05, 3.63) is 17.5 Å². The first kappa shape index (κ1) is 12.1. The molecule has 1 aliphatic heterocycles. The normalized spacial score (nSPS) is 20.1. The average Bonchev–Trinajstić information content (AvgIpc) is 2.38. The third-order valence-electron chi connectivity index (χ3n) is 2.89. The molecule has 2 heterocycles. The van der Waals surface area contributed by atoms with Crippen LogP contribution in [0.2, 0.25) is 5.15 Å². The molecule has 17 heavy (non-hydrogen) atoms. The number of rotatable bonds is 2. The second kappa shape index (κ2) is 5.31. The number of nitrogens with zero attached hydrogens (tertiary/aromatic N) is 3. The van der Waals surface area contributed by atoms with Crippen LogP contribution in [0.1, 0.15) is 12.8 Å². The number of hydrogen-bond acceptors (Lipinski definition) is 5. The molecular weight excluding hydrogens is 242 g/mol. The van der Waals surface area contributed by atoms with Crippen molar-refractivity contribution in [1.82, 2.24) is 9.97 Å². The first-order chi connectivity index (χ1) is 8.22. The van der Waals surface area contributed by atoms with Crippen molar-refractivity contribution in [2.24, 2.45) is 5.92 Å². The highest BCUT2D eigenvalue weighted by Gasteiger charge is 2.28. The zero-order valence-corrected chi connectivity index (χ0v) is 10.4. The van der Waals surface area contributed by atoms with Gasteiger partial charge in [0, 0.05) is 25.5 Å². The van der Waals surface area contributed by atoms with E-state index in [0.29, 0.717) is 17.5 Å². The van der Waals surface area contributed by atoms with Gasteiger partial charge in [-0.1, -0.05) is 11.6 Å². The molecule has 0 saturated carbocycles. The van der Waals surface area contributed by atoms with Crippen LogP contribution in [-0.4, -0.2) is 36.1 Å². The predicted molar refractivity (Wildman–Crippen MR) is 64.0 cm³/mol. The van der Waals surface area contributed by atoms with Gasteiger partial charge in [-0.15, -0.1) is 0 Å². The van der Waals surface area contributed by atoms with E-state index in [9.17, 15) is 4.79 Å². The maximum absolute atomic E-state index is 11.5. The Morgan fingerprint density at radius 2 is 2.29 bits per heavy atom. The van der Waals surface area contributed by atoms with Crippen LogP contribution in [0.15, 0.2) is 12.4 Å². The van der Waals surface area contributed by atoms with E-state index in [-0.39, 0.29) is 11.9 Å². The van der Waals surface area contributed by atoms with Crippen molar-refractivity contribution >= 4 is 23.4 Å². The van der Waals surface area contributed by atoms with Crippen molar-refractivity contribution < 1.29 is 9.53 Å². The fourth-order valence-electron chi connectivity index (χ4n) is 2.05. The zero-order chi connectivity index (χ0) is 12.3. The van der Waals surface area contributed by atoms with E-state index < -0.39 is 0 Å². The lowest BCUT2D eigenvalue weighted by molar-refractivity contribution is -0.145. The molecule has 1 aliphatic rings. The lowest BCUT2D eigenvalue weighted by Gasteiger charge is -2.32. The number of methoxy groups -OCH3 is 1. The van der Waals surface area contributed by atoms with Crippen LogP contribution in [0.5, 0.6) is 0 Å². The maximum Gasteiger partial charge on any atom is 0.310 e. The van der Waals surface area contributed by atoms with Crippen molar-refractivity contribution in [3.63, 3.8) is 0 Å². The van der Waals surface area contributed by atoms with Crippen molar-refractivity contribution in [2.75, 3.05) is 25.1 Å². The van der Waals surface area contributed by atoms with Crippen molar-refractivity contribution in [2.45, 2.75) is 12.8 Å². The smallest absolute Gasteiger partial charge is 0.310 e. The van der Waals surface area contributed by atoms with Gasteiger partial charge in [-0.05, 0) is 12.8 Å². The van der Waals surface area contributed by atoms with Crippen LogP contribution in [0.4, 0.5) is 5.82 Å². The number of anilines is 1. The lowest BCUT2D eigenvalue weighted by atomic mass is 9.98. The lowest BCUT2D eigenvalue weighted by Crippen LogP contribution is -2.39. The van der Waals surface area contributed by atoms with E-state index in [1.54, 1.807) is 12.4 Å². The number of piperidine rings is 1. The minimum atomic E-state index is -0.172. The average molecular weight is 256 g/mol. The monoisotopic (exact) mass is 255 g/mol. The van der Waals surface area contributed by atoms with Gasteiger partial charge in [-0.3, -0.25) is 4.79 Å². The zero-order valence-electron chi connectivity index (χ0n) is 9.60. The van der Waals surface area contributed by atoms with Gasteiger partial charge in [0.05, 0.1) is 13.0 Å². The van der Waals surface area contributed by atoms with Crippen molar-refractivity contribution in [3.8, 4) is 0 Å². The molecule has 0 radical (unpaired) electrons. The third kappa shape index (κ3) is 2.66. The summed E-state index contributed by atoms with van der Waals surface area (Å²) in [7, 11) is 1.41.